The summed E-state index contributed by atoms with van der Waals surface area (Å²) in [6.07, 6.45) is 0. The first-order valence-corrected chi connectivity index (χ1v) is 11.3. The Bertz CT molecular complexity index is 2210. The molecule has 4 aromatic carbocycles. The average molecular weight is 477 g/mol. The highest BCUT2D eigenvalue weighted by atomic mass is 15.5. The summed E-state index contributed by atoms with van der Waals surface area (Å²) in [5, 5.41) is 38.7. The molecule has 37 heavy (non-hydrogen) atoms. The number of aromatic nitrogens is 9. The van der Waals surface area contributed by atoms with E-state index in [1.165, 1.54) is 18.9 Å². The second kappa shape index (κ2) is 6.81. The van der Waals surface area contributed by atoms with Gasteiger partial charge in [0.1, 0.15) is 12.1 Å². The van der Waals surface area contributed by atoms with Gasteiger partial charge in [0.25, 0.3) is 29.0 Å². The lowest BCUT2D eigenvalue weighted by Gasteiger charge is -2.12. The predicted octanol–water partition coefficient (Wildman–Crippen LogP) is 3.68. The number of nitriles is 2. The summed E-state index contributed by atoms with van der Waals surface area (Å²) >= 11 is 0. The lowest BCUT2D eigenvalue weighted by atomic mass is 9.91. The summed E-state index contributed by atoms with van der Waals surface area (Å²) < 4.78 is 4.19. The first-order chi connectivity index (χ1) is 18.2. The van der Waals surface area contributed by atoms with Gasteiger partial charge < -0.3 is 0 Å². The molecule has 8 aromatic rings. The Balaban J connectivity index is 1.55. The second-order valence-corrected chi connectivity index (χ2v) is 8.48. The number of nitrogens with zero attached hydrogens (tertiary/aromatic N) is 11. The van der Waals surface area contributed by atoms with Gasteiger partial charge in [0, 0.05) is 10.9 Å². The van der Waals surface area contributed by atoms with Gasteiger partial charge in [-0.1, -0.05) is 66.7 Å². The molecule has 0 radical (unpaired) electrons. The van der Waals surface area contributed by atoms with E-state index < -0.39 is 0 Å². The van der Waals surface area contributed by atoms with Gasteiger partial charge in [-0.15, -0.1) is 15.3 Å². The second-order valence-electron chi connectivity index (χ2n) is 8.48. The largest absolute Gasteiger partial charge is 0.261 e. The lowest BCUT2D eigenvalue weighted by molar-refractivity contribution is 0.814. The first kappa shape index (κ1) is 19.4. The molecule has 0 fully saturated rings. The number of fused-ring (bicyclic) bond motifs is 12. The van der Waals surface area contributed by atoms with Crippen LogP contribution in [0.5, 0.6) is 0 Å². The number of rotatable bonds is 1. The minimum Gasteiger partial charge on any atom is -0.189 e. The number of benzene rings is 4. The van der Waals surface area contributed by atoms with Gasteiger partial charge in [0.05, 0.1) is 0 Å². The van der Waals surface area contributed by atoms with Crippen molar-refractivity contribution in [1.29, 1.82) is 10.5 Å². The van der Waals surface area contributed by atoms with Crippen LogP contribution < -0.4 is 0 Å². The van der Waals surface area contributed by atoms with E-state index in [9.17, 15) is 10.5 Å². The van der Waals surface area contributed by atoms with Gasteiger partial charge in [-0.2, -0.15) is 39.0 Å². The zero-order chi connectivity index (χ0) is 24.7. The van der Waals surface area contributed by atoms with Gasteiger partial charge in [0.15, 0.2) is 5.82 Å². The van der Waals surface area contributed by atoms with Crippen molar-refractivity contribution in [2.75, 3.05) is 0 Å². The van der Waals surface area contributed by atoms with Crippen LogP contribution in [0.2, 0.25) is 0 Å². The van der Waals surface area contributed by atoms with Crippen LogP contribution in [0.3, 0.4) is 0 Å². The van der Waals surface area contributed by atoms with E-state index in [1.807, 2.05) is 48.5 Å². The average Bonchev–Trinajstić information content (AvgIpc) is 3.69. The fourth-order valence-electron chi connectivity index (χ4n) is 5.08. The molecule has 0 saturated carbocycles. The van der Waals surface area contributed by atoms with E-state index in [0.29, 0.717) is 11.6 Å². The molecule has 8 rings (SSSR count). The fraction of sp³-hybridized carbons (Fsp3) is 0. The van der Waals surface area contributed by atoms with Gasteiger partial charge in [-0.25, -0.2) is 0 Å². The smallest absolute Gasteiger partial charge is 0.189 e. The van der Waals surface area contributed by atoms with E-state index in [2.05, 4.69) is 50.5 Å². The SMILES string of the molecule is N#Cc1nc2n(n1)c1nc(C#N)nn1c1nc(-c3cccc4c5ccccc5c5ccccc5c34)nn21. The summed E-state index contributed by atoms with van der Waals surface area (Å²) in [4.78, 5) is 13.3. The molecule has 0 bridgehead atoms. The van der Waals surface area contributed by atoms with Crippen molar-refractivity contribution in [2.24, 2.45) is 0 Å². The Hall–Kier alpha value is -5.94. The van der Waals surface area contributed by atoms with Gasteiger partial charge in [-0.05, 0) is 26.9 Å². The Morgan fingerprint density at radius 1 is 0.514 bits per heavy atom. The molecule has 0 atom stereocenters. The number of hydrogen-bond donors (Lipinski definition) is 0. The third kappa shape index (κ3) is 2.46. The first-order valence-electron chi connectivity index (χ1n) is 11.3. The maximum absolute atomic E-state index is 9.39. The summed E-state index contributed by atoms with van der Waals surface area (Å²) in [7, 11) is 0. The summed E-state index contributed by atoms with van der Waals surface area (Å²) in [6.45, 7) is 0. The maximum atomic E-state index is 9.39. The monoisotopic (exact) mass is 477 g/mol. The molecule has 0 aliphatic rings. The van der Waals surface area contributed by atoms with Crippen LogP contribution in [-0.2, 0) is 0 Å². The minimum absolute atomic E-state index is 0.0596. The zero-order valence-corrected chi connectivity index (χ0v) is 18.8. The highest BCUT2D eigenvalue weighted by molar-refractivity contribution is 6.28. The van der Waals surface area contributed by atoms with Crippen LogP contribution in [0.1, 0.15) is 11.6 Å². The maximum Gasteiger partial charge on any atom is 0.261 e. The van der Waals surface area contributed by atoms with Crippen molar-refractivity contribution in [3.63, 3.8) is 0 Å². The van der Waals surface area contributed by atoms with Crippen LogP contribution in [0.4, 0.5) is 0 Å². The van der Waals surface area contributed by atoms with Crippen LogP contribution >= 0.6 is 0 Å². The molecule has 0 aliphatic heterocycles. The van der Waals surface area contributed by atoms with E-state index in [1.54, 1.807) is 0 Å². The molecule has 4 aromatic heterocycles. The fourth-order valence-corrected chi connectivity index (χ4v) is 5.08. The van der Waals surface area contributed by atoms with Crippen molar-refractivity contribution in [3.8, 4) is 23.5 Å². The molecule has 0 saturated heterocycles. The quantitative estimate of drug-likeness (QED) is 0.326. The van der Waals surface area contributed by atoms with Crippen molar-refractivity contribution >= 4 is 49.7 Å². The Labute approximate surface area is 206 Å². The Morgan fingerprint density at radius 2 is 0.973 bits per heavy atom. The molecule has 0 N–H and O–H groups in total. The van der Waals surface area contributed by atoms with E-state index in [-0.39, 0.29) is 23.2 Å². The Morgan fingerprint density at radius 3 is 1.54 bits per heavy atom. The molecule has 0 spiro atoms. The van der Waals surface area contributed by atoms with Crippen molar-refractivity contribution in [2.45, 2.75) is 0 Å². The summed E-state index contributed by atoms with van der Waals surface area (Å²) in [5.74, 6) is 1.07. The van der Waals surface area contributed by atoms with Crippen molar-refractivity contribution in [1.82, 2.24) is 43.8 Å². The molecule has 11 heteroatoms. The summed E-state index contributed by atoms with van der Waals surface area (Å²) in [6, 6.07) is 26.6. The molecular weight excluding hydrogens is 466 g/mol. The topological polar surface area (TPSA) is 138 Å². The molecule has 170 valence electrons. The molecular formula is C26H11N11. The molecule has 0 aliphatic carbocycles. The third-order valence-corrected chi connectivity index (χ3v) is 6.55. The molecule has 0 unspecified atom stereocenters. The van der Waals surface area contributed by atoms with Crippen molar-refractivity contribution < 1.29 is 0 Å². The molecule has 11 nitrogen and oxygen atoms in total. The zero-order valence-electron chi connectivity index (χ0n) is 18.8. The van der Waals surface area contributed by atoms with E-state index in [4.69, 9.17) is 10.1 Å². The van der Waals surface area contributed by atoms with Crippen LogP contribution in [0.25, 0.3) is 61.0 Å². The minimum atomic E-state index is -0.0596. The van der Waals surface area contributed by atoms with Gasteiger partial charge in [0.2, 0.25) is 0 Å². The molecule has 4 heterocycles. The van der Waals surface area contributed by atoms with Gasteiger partial charge in [-0.3, -0.25) is 0 Å². The van der Waals surface area contributed by atoms with E-state index in [0.717, 1.165) is 32.5 Å². The standard InChI is InChI=1S/C26H11N11/c27-12-20-29-24-35-25(30-21(13-28)32-35)37-26(36(24)33-20)31-23(34-37)19-11-5-10-18-16-7-2-1-6-14(16)15-8-3-4-9-17(15)22(18)19/h1-11H. The summed E-state index contributed by atoms with van der Waals surface area (Å²) in [5.41, 5.74) is 0.829. The van der Waals surface area contributed by atoms with Crippen LogP contribution in [-0.4, -0.2) is 43.8 Å². The van der Waals surface area contributed by atoms with Crippen LogP contribution in [0.15, 0.2) is 66.7 Å². The highest BCUT2D eigenvalue weighted by Crippen LogP contribution is 2.39. The number of hydrogen-bond acceptors (Lipinski definition) is 8. The third-order valence-electron chi connectivity index (χ3n) is 6.55. The van der Waals surface area contributed by atoms with Crippen molar-refractivity contribution in [3.05, 3.63) is 78.4 Å². The predicted molar refractivity (Wildman–Crippen MR) is 133 cm³/mol. The molecule has 0 amide bonds. The lowest BCUT2D eigenvalue weighted by Crippen LogP contribution is -2.06. The van der Waals surface area contributed by atoms with Gasteiger partial charge >= 0.3 is 0 Å². The van der Waals surface area contributed by atoms with Crippen LogP contribution in [0, 0.1) is 22.7 Å². The van der Waals surface area contributed by atoms with E-state index >= 15 is 0 Å². The Kier molecular flexibility index (Phi) is 3.57. The normalized spacial score (nSPS) is 11.7. The highest BCUT2D eigenvalue weighted by Gasteiger charge is 2.22.